The van der Waals surface area contributed by atoms with Crippen LogP contribution >= 0.6 is 0 Å². The standard InChI is InChI=1S/C22H29NO6/c1-4-14-6-8-15(9-7-14)11-16-10-5-12(2)23-21(16)29-22-19(27)17(25)18(26)20(28-22)13(3)24/h5-10,13,17-20,22,24-27H,4,11H2,1-3H3/t13-,17+,18+,19-,20-,22+/m1/s1. The summed E-state index contributed by atoms with van der Waals surface area (Å²) in [4.78, 5) is 4.43. The Morgan fingerprint density at radius 2 is 1.66 bits per heavy atom. The normalized spacial score (nSPS) is 28.2. The van der Waals surface area contributed by atoms with Crippen LogP contribution in [0.2, 0.25) is 0 Å². The summed E-state index contributed by atoms with van der Waals surface area (Å²) in [6.45, 7) is 5.36. The molecule has 0 saturated carbocycles. The highest BCUT2D eigenvalue weighted by Crippen LogP contribution is 2.28. The molecule has 1 aromatic carbocycles. The average Bonchev–Trinajstić information content (AvgIpc) is 2.70. The maximum atomic E-state index is 10.3. The lowest BCUT2D eigenvalue weighted by Crippen LogP contribution is -2.61. The zero-order valence-corrected chi connectivity index (χ0v) is 16.9. The van der Waals surface area contributed by atoms with Gasteiger partial charge in [0.1, 0.15) is 24.4 Å². The average molecular weight is 403 g/mol. The molecule has 0 unspecified atom stereocenters. The molecular formula is C22H29NO6. The molecule has 158 valence electrons. The lowest BCUT2D eigenvalue weighted by Gasteiger charge is -2.41. The van der Waals surface area contributed by atoms with Crippen molar-refractivity contribution in [3.63, 3.8) is 0 Å². The molecule has 1 saturated heterocycles. The Kier molecular flexibility index (Phi) is 6.87. The first-order valence-electron chi connectivity index (χ1n) is 9.89. The van der Waals surface area contributed by atoms with E-state index in [-0.39, 0.29) is 5.88 Å². The number of rotatable bonds is 6. The van der Waals surface area contributed by atoms with Gasteiger partial charge in [-0.05, 0) is 37.5 Å². The van der Waals surface area contributed by atoms with Gasteiger partial charge in [-0.3, -0.25) is 0 Å². The van der Waals surface area contributed by atoms with Crippen molar-refractivity contribution in [2.75, 3.05) is 0 Å². The van der Waals surface area contributed by atoms with Crippen molar-refractivity contribution < 1.29 is 29.9 Å². The molecule has 2 heterocycles. The Hall–Kier alpha value is -2.03. The topological polar surface area (TPSA) is 112 Å². The number of ether oxygens (including phenoxy) is 2. The molecule has 4 N–H and O–H groups in total. The highest BCUT2D eigenvalue weighted by Gasteiger charge is 2.46. The second kappa shape index (κ2) is 9.19. The predicted molar refractivity (Wildman–Crippen MR) is 107 cm³/mol. The summed E-state index contributed by atoms with van der Waals surface area (Å²) < 4.78 is 11.4. The van der Waals surface area contributed by atoms with Crippen LogP contribution in [0.4, 0.5) is 0 Å². The van der Waals surface area contributed by atoms with E-state index in [1.54, 1.807) is 0 Å². The molecule has 6 atom stereocenters. The lowest BCUT2D eigenvalue weighted by atomic mass is 9.96. The van der Waals surface area contributed by atoms with E-state index in [0.717, 1.165) is 23.2 Å². The number of aryl methyl sites for hydroxylation is 2. The molecule has 0 radical (unpaired) electrons. The number of aromatic nitrogens is 1. The highest BCUT2D eigenvalue weighted by molar-refractivity contribution is 5.35. The number of hydrogen-bond donors (Lipinski definition) is 4. The van der Waals surface area contributed by atoms with E-state index < -0.39 is 36.8 Å². The molecular weight excluding hydrogens is 374 g/mol. The zero-order valence-electron chi connectivity index (χ0n) is 16.9. The molecule has 29 heavy (non-hydrogen) atoms. The Bertz CT molecular complexity index is 809. The maximum absolute atomic E-state index is 10.3. The molecule has 0 aliphatic carbocycles. The fourth-order valence-corrected chi connectivity index (χ4v) is 3.39. The van der Waals surface area contributed by atoms with Crippen LogP contribution in [0.1, 0.15) is 36.2 Å². The number of aliphatic hydroxyl groups is 4. The maximum Gasteiger partial charge on any atom is 0.231 e. The smallest absolute Gasteiger partial charge is 0.231 e. The van der Waals surface area contributed by atoms with Gasteiger partial charge in [0.2, 0.25) is 12.2 Å². The van der Waals surface area contributed by atoms with E-state index >= 15 is 0 Å². The summed E-state index contributed by atoms with van der Waals surface area (Å²) in [5, 5.41) is 40.3. The fraction of sp³-hybridized carbons (Fsp3) is 0.500. The highest BCUT2D eigenvalue weighted by atomic mass is 16.7. The molecule has 1 fully saturated rings. The van der Waals surface area contributed by atoms with Gasteiger partial charge >= 0.3 is 0 Å². The van der Waals surface area contributed by atoms with E-state index in [9.17, 15) is 20.4 Å². The minimum absolute atomic E-state index is 0.279. The van der Waals surface area contributed by atoms with Gasteiger partial charge in [0.25, 0.3) is 0 Å². The largest absolute Gasteiger partial charge is 0.445 e. The summed E-state index contributed by atoms with van der Waals surface area (Å²) in [6, 6.07) is 12.0. The van der Waals surface area contributed by atoms with Crippen LogP contribution in [-0.4, -0.2) is 62.2 Å². The van der Waals surface area contributed by atoms with Gasteiger partial charge in [0.05, 0.1) is 6.10 Å². The number of pyridine rings is 1. The van der Waals surface area contributed by atoms with Crippen LogP contribution in [0.25, 0.3) is 0 Å². The summed E-state index contributed by atoms with van der Waals surface area (Å²) in [5.74, 6) is 0.279. The van der Waals surface area contributed by atoms with E-state index in [2.05, 4.69) is 36.2 Å². The summed E-state index contributed by atoms with van der Waals surface area (Å²) in [6.07, 6.45) is -6.30. The van der Waals surface area contributed by atoms with Crippen LogP contribution in [0.3, 0.4) is 0 Å². The third-order valence-corrected chi connectivity index (χ3v) is 5.21. The summed E-state index contributed by atoms with van der Waals surface area (Å²) >= 11 is 0. The first-order valence-corrected chi connectivity index (χ1v) is 9.89. The Balaban J connectivity index is 1.83. The van der Waals surface area contributed by atoms with Crippen LogP contribution in [0, 0.1) is 6.92 Å². The van der Waals surface area contributed by atoms with Gasteiger partial charge < -0.3 is 29.9 Å². The third-order valence-electron chi connectivity index (χ3n) is 5.21. The van der Waals surface area contributed by atoms with Gasteiger partial charge in [-0.2, -0.15) is 0 Å². The van der Waals surface area contributed by atoms with Crippen molar-refractivity contribution in [1.29, 1.82) is 0 Å². The second-order valence-corrected chi connectivity index (χ2v) is 7.56. The van der Waals surface area contributed by atoms with Crippen LogP contribution in [0.5, 0.6) is 5.88 Å². The fourth-order valence-electron chi connectivity index (χ4n) is 3.39. The van der Waals surface area contributed by atoms with Crippen LogP contribution in [0.15, 0.2) is 36.4 Å². The molecule has 3 rings (SSSR count). The number of hydrogen-bond acceptors (Lipinski definition) is 7. The molecule has 0 bridgehead atoms. The molecule has 0 spiro atoms. The molecule has 7 heteroatoms. The number of nitrogens with zero attached hydrogens (tertiary/aromatic N) is 1. The van der Waals surface area contributed by atoms with Crippen molar-refractivity contribution >= 4 is 0 Å². The van der Waals surface area contributed by atoms with Crippen molar-refractivity contribution in [3.05, 3.63) is 58.8 Å². The van der Waals surface area contributed by atoms with E-state index in [0.29, 0.717) is 6.42 Å². The summed E-state index contributed by atoms with van der Waals surface area (Å²) in [5.41, 5.74) is 3.86. The summed E-state index contributed by atoms with van der Waals surface area (Å²) in [7, 11) is 0. The molecule has 7 nitrogen and oxygen atoms in total. The predicted octanol–water partition coefficient (Wildman–Crippen LogP) is 1.11. The van der Waals surface area contributed by atoms with Crippen molar-refractivity contribution in [3.8, 4) is 5.88 Å². The molecule has 1 aliphatic heterocycles. The Labute approximate surface area is 170 Å². The number of aliphatic hydroxyl groups excluding tert-OH is 4. The van der Waals surface area contributed by atoms with Gasteiger partial charge in [-0.25, -0.2) is 4.98 Å². The van der Waals surface area contributed by atoms with Crippen molar-refractivity contribution in [2.45, 2.75) is 70.4 Å². The molecule has 2 aromatic rings. The first-order chi connectivity index (χ1) is 13.8. The number of benzene rings is 1. The third kappa shape index (κ3) is 4.94. The van der Waals surface area contributed by atoms with Gasteiger partial charge in [-0.1, -0.05) is 37.3 Å². The molecule has 1 aliphatic rings. The molecule has 0 amide bonds. The quantitative estimate of drug-likeness (QED) is 0.572. The Morgan fingerprint density at radius 1 is 1.00 bits per heavy atom. The van der Waals surface area contributed by atoms with Gasteiger partial charge in [0.15, 0.2) is 0 Å². The van der Waals surface area contributed by atoms with E-state index in [1.807, 2.05) is 19.1 Å². The van der Waals surface area contributed by atoms with E-state index in [4.69, 9.17) is 9.47 Å². The van der Waals surface area contributed by atoms with Gasteiger partial charge in [-0.15, -0.1) is 0 Å². The van der Waals surface area contributed by atoms with Crippen molar-refractivity contribution in [1.82, 2.24) is 4.98 Å². The lowest BCUT2D eigenvalue weighted by molar-refractivity contribution is -0.287. The Morgan fingerprint density at radius 3 is 2.28 bits per heavy atom. The first kappa shape index (κ1) is 21.7. The molecule has 1 aromatic heterocycles. The van der Waals surface area contributed by atoms with Crippen LogP contribution < -0.4 is 4.74 Å². The monoisotopic (exact) mass is 403 g/mol. The minimum atomic E-state index is -1.51. The zero-order chi connectivity index (χ0) is 21.1. The second-order valence-electron chi connectivity index (χ2n) is 7.56. The van der Waals surface area contributed by atoms with Crippen molar-refractivity contribution in [2.24, 2.45) is 0 Å². The van der Waals surface area contributed by atoms with Crippen LogP contribution in [-0.2, 0) is 17.6 Å². The van der Waals surface area contributed by atoms with E-state index in [1.165, 1.54) is 12.5 Å². The minimum Gasteiger partial charge on any atom is -0.445 e. The SMILES string of the molecule is CCc1ccc(Cc2ccc(C)nc2O[C@@H]2O[C@H]([C@@H](C)O)[C@@H](O)[C@H](O)[C@H]2O)cc1. The van der Waals surface area contributed by atoms with Gasteiger partial charge in [0, 0.05) is 17.7 Å².